The number of amides is 1. The van der Waals surface area contributed by atoms with E-state index in [4.69, 9.17) is 11.6 Å². The second kappa shape index (κ2) is 6.52. The fraction of sp³-hybridized carbons (Fsp3) is 0.111. The van der Waals surface area contributed by atoms with Gasteiger partial charge in [-0.15, -0.1) is 11.3 Å². The second-order valence-electron chi connectivity index (χ2n) is 5.18. The van der Waals surface area contributed by atoms with Crippen molar-refractivity contribution in [3.8, 4) is 11.3 Å². The van der Waals surface area contributed by atoms with Gasteiger partial charge in [0.2, 0.25) is 0 Å². The number of rotatable bonds is 3. The molecule has 23 heavy (non-hydrogen) atoms. The number of carbonyl (C=O) groups excluding carboxylic acids is 1. The maximum Gasteiger partial charge on any atom is 0.255 e. The SMILES string of the molecule is Cc1nc(-c2ccc(C(=O)Nc3ccc(Cl)cc3)cc2)c(C)s1. The van der Waals surface area contributed by atoms with Crippen molar-refractivity contribution in [2.24, 2.45) is 0 Å². The number of carbonyl (C=O) groups is 1. The fourth-order valence-corrected chi connectivity index (χ4v) is 3.28. The molecule has 116 valence electrons. The Kier molecular flexibility index (Phi) is 4.46. The van der Waals surface area contributed by atoms with Crippen molar-refractivity contribution >= 4 is 34.5 Å². The first-order valence-electron chi connectivity index (χ1n) is 7.14. The smallest absolute Gasteiger partial charge is 0.255 e. The maximum atomic E-state index is 12.3. The van der Waals surface area contributed by atoms with Crippen molar-refractivity contribution in [3.05, 3.63) is 69.0 Å². The van der Waals surface area contributed by atoms with Gasteiger partial charge >= 0.3 is 0 Å². The number of anilines is 1. The van der Waals surface area contributed by atoms with Gasteiger partial charge in [-0.2, -0.15) is 0 Å². The van der Waals surface area contributed by atoms with Crippen LogP contribution in [0.3, 0.4) is 0 Å². The van der Waals surface area contributed by atoms with E-state index < -0.39 is 0 Å². The molecular weight excluding hydrogens is 328 g/mol. The quantitative estimate of drug-likeness (QED) is 0.698. The lowest BCUT2D eigenvalue weighted by atomic mass is 10.1. The first kappa shape index (κ1) is 15.7. The zero-order chi connectivity index (χ0) is 16.4. The van der Waals surface area contributed by atoms with Crippen LogP contribution in [0.4, 0.5) is 5.69 Å². The highest BCUT2D eigenvalue weighted by Crippen LogP contribution is 2.27. The zero-order valence-electron chi connectivity index (χ0n) is 12.8. The molecule has 0 bridgehead atoms. The Morgan fingerprint density at radius 2 is 1.70 bits per heavy atom. The molecule has 0 radical (unpaired) electrons. The molecule has 1 aromatic heterocycles. The maximum absolute atomic E-state index is 12.3. The van der Waals surface area contributed by atoms with Crippen LogP contribution in [0.2, 0.25) is 5.02 Å². The second-order valence-corrected chi connectivity index (χ2v) is 7.02. The van der Waals surface area contributed by atoms with Gasteiger partial charge in [-0.1, -0.05) is 23.7 Å². The highest BCUT2D eigenvalue weighted by molar-refractivity contribution is 7.11. The van der Waals surface area contributed by atoms with Gasteiger partial charge in [0.05, 0.1) is 10.7 Å². The normalized spacial score (nSPS) is 10.6. The Balaban J connectivity index is 1.77. The molecule has 5 heteroatoms. The molecule has 2 aromatic carbocycles. The van der Waals surface area contributed by atoms with Crippen molar-refractivity contribution in [1.29, 1.82) is 0 Å². The van der Waals surface area contributed by atoms with Crippen LogP contribution in [-0.4, -0.2) is 10.9 Å². The average Bonchev–Trinajstić information content (AvgIpc) is 2.88. The molecule has 0 aliphatic heterocycles. The summed E-state index contributed by atoms with van der Waals surface area (Å²) in [7, 11) is 0. The van der Waals surface area contributed by atoms with Crippen molar-refractivity contribution in [3.63, 3.8) is 0 Å². The molecule has 1 amide bonds. The van der Waals surface area contributed by atoms with Gasteiger partial charge in [0, 0.05) is 26.7 Å². The summed E-state index contributed by atoms with van der Waals surface area (Å²) < 4.78 is 0. The van der Waals surface area contributed by atoms with Crippen molar-refractivity contribution in [1.82, 2.24) is 4.98 Å². The summed E-state index contributed by atoms with van der Waals surface area (Å²) in [4.78, 5) is 18.0. The lowest BCUT2D eigenvalue weighted by Gasteiger charge is -2.06. The van der Waals surface area contributed by atoms with E-state index in [1.54, 1.807) is 35.6 Å². The monoisotopic (exact) mass is 342 g/mol. The summed E-state index contributed by atoms with van der Waals surface area (Å²) in [6, 6.07) is 14.5. The molecule has 0 aliphatic rings. The van der Waals surface area contributed by atoms with E-state index in [9.17, 15) is 4.79 Å². The minimum Gasteiger partial charge on any atom is -0.322 e. The topological polar surface area (TPSA) is 42.0 Å². The lowest BCUT2D eigenvalue weighted by molar-refractivity contribution is 0.102. The first-order valence-corrected chi connectivity index (χ1v) is 8.34. The van der Waals surface area contributed by atoms with Crippen LogP contribution in [-0.2, 0) is 0 Å². The molecule has 1 N–H and O–H groups in total. The van der Waals surface area contributed by atoms with Gasteiger partial charge in [0.25, 0.3) is 5.91 Å². The van der Waals surface area contributed by atoms with Gasteiger partial charge in [0.15, 0.2) is 0 Å². The van der Waals surface area contributed by atoms with Crippen LogP contribution in [0.25, 0.3) is 11.3 Å². The first-order chi connectivity index (χ1) is 11.0. The molecule has 3 nitrogen and oxygen atoms in total. The van der Waals surface area contributed by atoms with E-state index in [1.807, 2.05) is 31.2 Å². The molecule has 0 unspecified atom stereocenters. The summed E-state index contributed by atoms with van der Waals surface area (Å²) in [5.41, 5.74) is 3.33. The zero-order valence-corrected chi connectivity index (χ0v) is 14.3. The number of nitrogens with zero attached hydrogens (tertiary/aromatic N) is 1. The molecule has 0 fully saturated rings. The highest BCUT2D eigenvalue weighted by Gasteiger charge is 2.10. The number of aryl methyl sites for hydroxylation is 2. The number of aromatic nitrogens is 1. The summed E-state index contributed by atoms with van der Waals surface area (Å²) in [6.45, 7) is 4.05. The van der Waals surface area contributed by atoms with E-state index in [-0.39, 0.29) is 5.91 Å². The Morgan fingerprint density at radius 3 is 2.26 bits per heavy atom. The fourth-order valence-electron chi connectivity index (χ4n) is 2.31. The Labute approximate surface area is 144 Å². The van der Waals surface area contributed by atoms with E-state index in [1.165, 1.54) is 4.88 Å². The molecule has 3 aromatic rings. The van der Waals surface area contributed by atoms with Gasteiger partial charge in [-0.25, -0.2) is 4.98 Å². The summed E-state index contributed by atoms with van der Waals surface area (Å²) in [5, 5.41) is 4.53. The van der Waals surface area contributed by atoms with Gasteiger partial charge in [-0.05, 0) is 50.2 Å². The number of halogens is 1. The Morgan fingerprint density at radius 1 is 1.04 bits per heavy atom. The molecule has 0 saturated carbocycles. The van der Waals surface area contributed by atoms with Gasteiger partial charge in [-0.3, -0.25) is 4.79 Å². The minimum atomic E-state index is -0.148. The average molecular weight is 343 g/mol. The molecule has 0 atom stereocenters. The minimum absolute atomic E-state index is 0.148. The van der Waals surface area contributed by atoms with Gasteiger partial charge in [0.1, 0.15) is 0 Å². The number of thiazole rings is 1. The van der Waals surface area contributed by atoms with Crippen LogP contribution < -0.4 is 5.32 Å². The Bertz CT molecular complexity index is 838. The third-order valence-electron chi connectivity index (χ3n) is 3.43. The van der Waals surface area contributed by atoms with E-state index >= 15 is 0 Å². The van der Waals surface area contributed by atoms with Crippen molar-refractivity contribution in [2.75, 3.05) is 5.32 Å². The van der Waals surface area contributed by atoms with Crippen LogP contribution in [0.1, 0.15) is 20.2 Å². The summed E-state index contributed by atoms with van der Waals surface area (Å²) in [5.74, 6) is -0.148. The van der Waals surface area contributed by atoms with Crippen LogP contribution in [0.5, 0.6) is 0 Å². The van der Waals surface area contributed by atoms with Crippen LogP contribution >= 0.6 is 22.9 Å². The highest BCUT2D eigenvalue weighted by atomic mass is 35.5. The molecule has 0 spiro atoms. The Hall–Kier alpha value is -2.17. The number of benzene rings is 2. The van der Waals surface area contributed by atoms with E-state index in [2.05, 4.69) is 17.2 Å². The number of hydrogen-bond donors (Lipinski definition) is 1. The number of hydrogen-bond acceptors (Lipinski definition) is 3. The van der Waals surface area contributed by atoms with Crippen LogP contribution in [0, 0.1) is 13.8 Å². The van der Waals surface area contributed by atoms with E-state index in [0.29, 0.717) is 10.6 Å². The number of nitrogens with one attached hydrogen (secondary N) is 1. The molecule has 0 aliphatic carbocycles. The van der Waals surface area contributed by atoms with Crippen molar-refractivity contribution < 1.29 is 4.79 Å². The van der Waals surface area contributed by atoms with Crippen molar-refractivity contribution in [2.45, 2.75) is 13.8 Å². The molecule has 1 heterocycles. The predicted molar refractivity (Wildman–Crippen MR) is 96.4 cm³/mol. The summed E-state index contributed by atoms with van der Waals surface area (Å²) in [6.07, 6.45) is 0. The van der Waals surface area contributed by atoms with E-state index in [0.717, 1.165) is 22.0 Å². The third kappa shape index (κ3) is 3.60. The lowest BCUT2D eigenvalue weighted by Crippen LogP contribution is -2.11. The van der Waals surface area contributed by atoms with Gasteiger partial charge < -0.3 is 5.32 Å². The largest absolute Gasteiger partial charge is 0.322 e. The molecular formula is C18H15ClN2OS. The third-order valence-corrected chi connectivity index (χ3v) is 4.56. The van der Waals surface area contributed by atoms with Crippen LogP contribution in [0.15, 0.2) is 48.5 Å². The molecule has 3 rings (SSSR count). The standard InChI is InChI=1S/C18H15ClN2OS/c1-11-17(20-12(2)23-11)13-3-5-14(6-4-13)18(22)21-16-9-7-15(19)8-10-16/h3-10H,1-2H3,(H,21,22). The molecule has 0 saturated heterocycles. The predicted octanol–water partition coefficient (Wildman–Crippen LogP) is 5.33. The summed E-state index contributed by atoms with van der Waals surface area (Å²) >= 11 is 7.51.